The van der Waals surface area contributed by atoms with Crippen molar-refractivity contribution in [3.05, 3.63) is 65.6 Å². The van der Waals surface area contributed by atoms with Crippen LogP contribution in [0.4, 0.5) is 5.82 Å². The van der Waals surface area contributed by atoms with Crippen LogP contribution in [0.25, 0.3) is 0 Å². The second-order valence-electron chi connectivity index (χ2n) is 5.62. The van der Waals surface area contributed by atoms with Crippen LogP contribution in [0.3, 0.4) is 0 Å². The minimum atomic E-state index is -0.209. The van der Waals surface area contributed by atoms with Gasteiger partial charge >= 0.3 is 0 Å². The molecule has 3 rings (SSSR count). The van der Waals surface area contributed by atoms with Crippen molar-refractivity contribution < 1.29 is 4.79 Å². The van der Waals surface area contributed by atoms with Gasteiger partial charge in [0.15, 0.2) is 0 Å². The normalized spacial score (nSPS) is 12.1. The first-order valence-electron chi connectivity index (χ1n) is 7.66. The first kappa shape index (κ1) is 16.3. The number of aromatic nitrogens is 4. The zero-order valence-electron chi connectivity index (χ0n) is 13.3. The van der Waals surface area contributed by atoms with Crippen LogP contribution in [0, 0.1) is 5.92 Å². The minimum absolute atomic E-state index is 0.0710. The first-order chi connectivity index (χ1) is 11.6. The predicted octanol–water partition coefficient (Wildman–Crippen LogP) is 3.06. The molecule has 1 amide bonds. The molecule has 124 valence electrons. The Morgan fingerprint density at radius 2 is 2.12 bits per heavy atom. The average Bonchev–Trinajstić information content (AvgIpc) is 3.20. The SMILES string of the molecule is C[C@@H](Cn1cccn1)C(=O)Nc1ccnn1Cc1cccc(Cl)c1. The Labute approximate surface area is 145 Å². The molecule has 3 aromatic rings. The number of anilines is 1. The molecule has 0 saturated heterocycles. The Bertz CT molecular complexity index is 812. The summed E-state index contributed by atoms with van der Waals surface area (Å²) in [6, 6.07) is 11.2. The molecule has 1 atom stereocenters. The van der Waals surface area contributed by atoms with Crippen LogP contribution < -0.4 is 5.32 Å². The lowest BCUT2D eigenvalue weighted by atomic mass is 10.1. The second kappa shape index (κ2) is 7.31. The van der Waals surface area contributed by atoms with E-state index in [-0.39, 0.29) is 11.8 Å². The van der Waals surface area contributed by atoms with E-state index in [0.717, 1.165) is 5.56 Å². The Balaban J connectivity index is 1.65. The van der Waals surface area contributed by atoms with Crippen molar-refractivity contribution in [1.29, 1.82) is 0 Å². The molecule has 0 spiro atoms. The van der Waals surface area contributed by atoms with Gasteiger partial charge in [0.2, 0.25) is 5.91 Å². The molecule has 24 heavy (non-hydrogen) atoms. The molecular weight excluding hydrogens is 326 g/mol. The highest BCUT2D eigenvalue weighted by Gasteiger charge is 2.16. The fraction of sp³-hybridized carbons (Fsp3) is 0.235. The fourth-order valence-corrected chi connectivity index (χ4v) is 2.61. The molecule has 2 heterocycles. The summed E-state index contributed by atoms with van der Waals surface area (Å²) in [4.78, 5) is 12.4. The largest absolute Gasteiger partial charge is 0.311 e. The van der Waals surface area contributed by atoms with Crippen LogP contribution in [-0.2, 0) is 17.9 Å². The molecular formula is C17H18ClN5O. The predicted molar refractivity (Wildman–Crippen MR) is 92.8 cm³/mol. The molecule has 6 nitrogen and oxygen atoms in total. The van der Waals surface area contributed by atoms with E-state index in [1.54, 1.807) is 27.8 Å². The van der Waals surface area contributed by atoms with Crippen LogP contribution >= 0.6 is 11.6 Å². The third-order valence-electron chi connectivity index (χ3n) is 3.66. The quantitative estimate of drug-likeness (QED) is 0.748. The standard InChI is InChI=1S/C17H18ClN5O/c1-13(11-22-9-3-7-19-22)17(24)21-16-6-8-20-23(16)12-14-4-2-5-15(18)10-14/h2-10,13H,11-12H2,1H3,(H,21,24)/t13-/m0/s1. The molecule has 1 aromatic carbocycles. The minimum Gasteiger partial charge on any atom is -0.311 e. The van der Waals surface area contributed by atoms with Gasteiger partial charge in [0.05, 0.1) is 25.2 Å². The maximum atomic E-state index is 12.4. The van der Waals surface area contributed by atoms with Crippen molar-refractivity contribution in [2.45, 2.75) is 20.0 Å². The number of halogens is 1. The molecule has 0 aliphatic carbocycles. The van der Waals surface area contributed by atoms with Gasteiger partial charge in [0, 0.05) is 23.5 Å². The Hall–Kier alpha value is -2.60. The maximum absolute atomic E-state index is 12.4. The molecule has 0 unspecified atom stereocenters. The summed E-state index contributed by atoms with van der Waals surface area (Å²) >= 11 is 6.01. The summed E-state index contributed by atoms with van der Waals surface area (Å²) in [5.74, 6) is 0.380. The lowest BCUT2D eigenvalue weighted by molar-refractivity contribution is -0.119. The molecule has 0 radical (unpaired) electrons. The van der Waals surface area contributed by atoms with Gasteiger partial charge in [-0.05, 0) is 23.8 Å². The van der Waals surface area contributed by atoms with Gasteiger partial charge in [-0.2, -0.15) is 10.2 Å². The summed E-state index contributed by atoms with van der Waals surface area (Å²) in [5, 5.41) is 12.0. The van der Waals surface area contributed by atoms with Crippen LogP contribution in [-0.4, -0.2) is 25.5 Å². The smallest absolute Gasteiger partial charge is 0.230 e. The topological polar surface area (TPSA) is 64.7 Å². The second-order valence-corrected chi connectivity index (χ2v) is 6.06. The van der Waals surface area contributed by atoms with Crippen LogP contribution in [0.5, 0.6) is 0 Å². The summed E-state index contributed by atoms with van der Waals surface area (Å²) in [6.45, 7) is 2.94. The molecule has 2 aromatic heterocycles. The summed E-state index contributed by atoms with van der Waals surface area (Å²) < 4.78 is 3.48. The van der Waals surface area contributed by atoms with E-state index in [0.29, 0.717) is 23.9 Å². The average molecular weight is 344 g/mol. The third-order valence-corrected chi connectivity index (χ3v) is 3.89. The van der Waals surface area contributed by atoms with Crippen molar-refractivity contribution in [1.82, 2.24) is 19.6 Å². The van der Waals surface area contributed by atoms with Crippen molar-refractivity contribution in [3.63, 3.8) is 0 Å². The number of carbonyl (C=O) groups excluding carboxylic acids is 1. The molecule has 0 fully saturated rings. The summed E-state index contributed by atoms with van der Waals surface area (Å²) in [5.41, 5.74) is 1.02. The van der Waals surface area contributed by atoms with E-state index >= 15 is 0 Å². The number of nitrogens with zero attached hydrogens (tertiary/aromatic N) is 4. The maximum Gasteiger partial charge on any atom is 0.230 e. The van der Waals surface area contributed by atoms with Gasteiger partial charge in [-0.15, -0.1) is 0 Å². The zero-order valence-corrected chi connectivity index (χ0v) is 14.0. The van der Waals surface area contributed by atoms with E-state index in [9.17, 15) is 4.79 Å². The van der Waals surface area contributed by atoms with Gasteiger partial charge in [-0.1, -0.05) is 30.7 Å². The van der Waals surface area contributed by atoms with Gasteiger partial charge in [0.1, 0.15) is 5.82 Å². The van der Waals surface area contributed by atoms with Gasteiger partial charge in [-0.25, -0.2) is 4.68 Å². The van der Waals surface area contributed by atoms with Crippen molar-refractivity contribution in [2.75, 3.05) is 5.32 Å². The van der Waals surface area contributed by atoms with E-state index in [2.05, 4.69) is 15.5 Å². The molecule has 0 saturated carbocycles. The molecule has 1 N–H and O–H groups in total. The molecule has 7 heteroatoms. The van der Waals surface area contributed by atoms with E-state index in [1.165, 1.54) is 0 Å². The van der Waals surface area contributed by atoms with Gasteiger partial charge in [-0.3, -0.25) is 9.48 Å². The Morgan fingerprint density at radius 1 is 1.25 bits per heavy atom. The van der Waals surface area contributed by atoms with Crippen molar-refractivity contribution in [2.24, 2.45) is 5.92 Å². The highest BCUT2D eigenvalue weighted by atomic mass is 35.5. The Morgan fingerprint density at radius 3 is 2.88 bits per heavy atom. The van der Waals surface area contributed by atoms with Crippen LogP contribution in [0.2, 0.25) is 5.02 Å². The highest BCUT2D eigenvalue weighted by Crippen LogP contribution is 2.15. The van der Waals surface area contributed by atoms with E-state index in [1.807, 2.05) is 43.5 Å². The van der Waals surface area contributed by atoms with Crippen molar-refractivity contribution >= 4 is 23.3 Å². The lowest BCUT2D eigenvalue weighted by Crippen LogP contribution is -2.26. The third kappa shape index (κ3) is 4.02. The van der Waals surface area contributed by atoms with Gasteiger partial charge in [0.25, 0.3) is 0 Å². The highest BCUT2D eigenvalue weighted by molar-refractivity contribution is 6.30. The lowest BCUT2D eigenvalue weighted by Gasteiger charge is -2.13. The van der Waals surface area contributed by atoms with E-state index < -0.39 is 0 Å². The van der Waals surface area contributed by atoms with Crippen LogP contribution in [0.1, 0.15) is 12.5 Å². The summed E-state index contributed by atoms with van der Waals surface area (Å²) in [7, 11) is 0. The monoisotopic (exact) mass is 343 g/mol. The number of nitrogens with one attached hydrogen (secondary N) is 1. The number of amides is 1. The van der Waals surface area contributed by atoms with Crippen molar-refractivity contribution in [3.8, 4) is 0 Å². The number of benzene rings is 1. The number of carbonyl (C=O) groups is 1. The number of rotatable bonds is 6. The zero-order chi connectivity index (χ0) is 16.9. The molecule has 0 aliphatic rings. The van der Waals surface area contributed by atoms with Gasteiger partial charge < -0.3 is 5.32 Å². The van der Waals surface area contributed by atoms with E-state index in [4.69, 9.17) is 11.6 Å². The fourth-order valence-electron chi connectivity index (χ4n) is 2.39. The molecule has 0 bridgehead atoms. The summed E-state index contributed by atoms with van der Waals surface area (Å²) in [6.07, 6.45) is 5.20. The number of hydrogen-bond donors (Lipinski definition) is 1. The number of hydrogen-bond acceptors (Lipinski definition) is 3. The first-order valence-corrected chi connectivity index (χ1v) is 8.04. The molecule has 0 aliphatic heterocycles. The van der Waals surface area contributed by atoms with Crippen LogP contribution in [0.15, 0.2) is 55.0 Å². The Kier molecular flexibility index (Phi) is 4.96.